The molecule has 0 saturated heterocycles. The summed E-state index contributed by atoms with van der Waals surface area (Å²) in [5, 5.41) is 8.98. The van der Waals surface area contributed by atoms with Crippen LogP contribution in [0.5, 0.6) is 17.2 Å². The van der Waals surface area contributed by atoms with E-state index in [1.807, 2.05) is 6.07 Å². The first kappa shape index (κ1) is 18.3. The number of para-hydroxylation sites is 1. The molecule has 1 heterocycles. The topological polar surface area (TPSA) is 94.8 Å². The summed E-state index contributed by atoms with van der Waals surface area (Å²) in [4.78, 5) is 24.0. The Morgan fingerprint density at radius 3 is 2.63 bits per heavy atom. The fraction of sp³-hybridized carbons (Fsp3) is 0.250. The van der Waals surface area contributed by atoms with Crippen molar-refractivity contribution in [1.82, 2.24) is 0 Å². The van der Waals surface area contributed by atoms with E-state index in [-0.39, 0.29) is 11.5 Å². The number of benzene rings is 2. The van der Waals surface area contributed by atoms with Crippen LogP contribution in [0.1, 0.15) is 22.3 Å². The number of hydrogen-bond donors (Lipinski definition) is 0. The maximum absolute atomic E-state index is 12.2. The lowest BCUT2D eigenvalue weighted by molar-refractivity contribution is -0.144. The Kier molecular flexibility index (Phi) is 5.90. The van der Waals surface area contributed by atoms with Gasteiger partial charge in [0.05, 0.1) is 18.8 Å². The van der Waals surface area contributed by atoms with Crippen LogP contribution in [0.15, 0.2) is 42.5 Å². The number of ether oxygens (including phenoxy) is 4. The smallest absolute Gasteiger partial charge is 0.344 e. The highest BCUT2D eigenvalue weighted by atomic mass is 16.6. The molecule has 0 amide bonds. The number of nitriles is 1. The maximum Gasteiger partial charge on any atom is 0.344 e. The molecule has 7 nitrogen and oxygen atoms in total. The molecule has 0 atom stereocenters. The van der Waals surface area contributed by atoms with E-state index in [4.69, 9.17) is 24.2 Å². The third kappa shape index (κ3) is 4.76. The summed E-state index contributed by atoms with van der Waals surface area (Å²) in [7, 11) is 0. The minimum absolute atomic E-state index is 0.283. The molecule has 0 saturated carbocycles. The monoisotopic (exact) mass is 367 g/mol. The Morgan fingerprint density at radius 1 is 1.04 bits per heavy atom. The summed E-state index contributed by atoms with van der Waals surface area (Å²) in [5.74, 6) is 0.305. The zero-order valence-electron chi connectivity index (χ0n) is 14.5. The Balaban J connectivity index is 1.52. The summed E-state index contributed by atoms with van der Waals surface area (Å²) < 4.78 is 21.3. The highest BCUT2D eigenvalue weighted by molar-refractivity contribution is 5.98. The van der Waals surface area contributed by atoms with E-state index >= 15 is 0 Å². The first-order valence-corrected chi connectivity index (χ1v) is 8.38. The van der Waals surface area contributed by atoms with Crippen LogP contribution in [0.4, 0.5) is 0 Å². The van der Waals surface area contributed by atoms with E-state index in [0.29, 0.717) is 35.8 Å². The Bertz CT molecular complexity index is 886. The molecule has 0 aromatic heterocycles. The molecule has 0 radical (unpaired) electrons. The van der Waals surface area contributed by atoms with E-state index in [9.17, 15) is 9.59 Å². The highest BCUT2D eigenvalue weighted by Gasteiger charge is 2.16. The van der Waals surface area contributed by atoms with Crippen LogP contribution in [0, 0.1) is 11.3 Å². The largest absolute Gasteiger partial charge is 0.490 e. The van der Waals surface area contributed by atoms with Crippen molar-refractivity contribution in [3.63, 3.8) is 0 Å². The van der Waals surface area contributed by atoms with Gasteiger partial charge in [0.1, 0.15) is 11.8 Å². The Morgan fingerprint density at radius 2 is 1.81 bits per heavy atom. The second kappa shape index (κ2) is 8.72. The van der Waals surface area contributed by atoms with Gasteiger partial charge in [-0.05, 0) is 30.3 Å². The molecule has 0 spiro atoms. The minimum atomic E-state index is -0.703. The number of esters is 1. The molecule has 0 unspecified atom stereocenters. The van der Waals surface area contributed by atoms with Crippen LogP contribution in [0.3, 0.4) is 0 Å². The van der Waals surface area contributed by atoms with Gasteiger partial charge in [-0.25, -0.2) is 4.79 Å². The molecule has 0 fully saturated rings. The summed E-state index contributed by atoms with van der Waals surface area (Å²) in [6, 6.07) is 13.3. The van der Waals surface area contributed by atoms with E-state index in [0.717, 1.165) is 6.42 Å². The standard InChI is InChI=1S/C20H17NO6/c21-11-15-4-1-2-5-17(15)26-13-20(23)27-12-16(22)14-6-7-18-19(10-14)25-9-3-8-24-18/h1-2,4-7,10H,3,8-9,12-13H2. The van der Waals surface area contributed by atoms with Gasteiger partial charge in [-0.2, -0.15) is 5.26 Å². The van der Waals surface area contributed by atoms with Gasteiger partial charge >= 0.3 is 5.97 Å². The zero-order chi connectivity index (χ0) is 19.1. The van der Waals surface area contributed by atoms with Gasteiger partial charge in [0.15, 0.2) is 30.5 Å². The lowest BCUT2D eigenvalue weighted by Crippen LogP contribution is -2.19. The molecule has 1 aliphatic rings. The van der Waals surface area contributed by atoms with Crippen LogP contribution in [-0.2, 0) is 9.53 Å². The normalized spacial score (nSPS) is 12.4. The van der Waals surface area contributed by atoms with Crippen molar-refractivity contribution in [3.05, 3.63) is 53.6 Å². The number of rotatable bonds is 6. The number of nitrogens with zero attached hydrogens (tertiary/aromatic N) is 1. The second-order valence-corrected chi connectivity index (χ2v) is 5.69. The molecule has 1 aliphatic heterocycles. The van der Waals surface area contributed by atoms with Gasteiger partial charge in [0, 0.05) is 12.0 Å². The van der Waals surface area contributed by atoms with Crippen LogP contribution in [0.25, 0.3) is 0 Å². The van der Waals surface area contributed by atoms with Crippen molar-refractivity contribution in [2.45, 2.75) is 6.42 Å². The summed E-state index contributed by atoms with van der Waals surface area (Å²) in [6.45, 7) is 0.267. The quantitative estimate of drug-likeness (QED) is 0.572. The number of carbonyl (C=O) groups is 2. The Labute approximate surface area is 156 Å². The third-order valence-corrected chi connectivity index (χ3v) is 3.79. The third-order valence-electron chi connectivity index (χ3n) is 3.79. The molecular weight excluding hydrogens is 350 g/mol. The molecule has 2 aromatic rings. The number of fused-ring (bicyclic) bond motifs is 1. The number of ketones is 1. The van der Waals surface area contributed by atoms with E-state index in [1.165, 1.54) is 0 Å². The van der Waals surface area contributed by atoms with E-state index in [1.54, 1.807) is 42.5 Å². The van der Waals surface area contributed by atoms with E-state index in [2.05, 4.69) is 0 Å². The van der Waals surface area contributed by atoms with Crippen molar-refractivity contribution >= 4 is 11.8 Å². The average molecular weight is 367 g/mol. The molecule has 0 bridgehead atoms. The van der Waals surface area contributed by atoms with Gasteiger partial charge < -0.3 is 18.9 Å². The highest BCUT2D eigenvalue weighted by Crippen LogP contribution is 2.30. The summed E-state index contributed by atoms with van der Waals surface area (Å²) >= 11 is 0. The van der Waals surface area contributed by atoms with Crippen molar-refractivity contribution in [3.8, 4) is 23.3 Å². The Hall–Kier alpha value is -3.53. The predicted molar refractivity (Wildman–Crippen MR) is 94.0 cm³/mol. The molecular formula is C20H17NO6. The van der Waals surface area contributed by atoms with Gasteiger partial charge in [-0.3, -0.25) is 4.79 Å². The molecule has 7 heteroatoms. The average Bonchev–Trinajstić information content (AvgIpc) is 2.95. The van der Waals surface area contributed by atoms with Crippen LogP contribution < -0.4 is 14.2 Å². The maximum atomic E-state index is 12.2. The second-order valence-electron chi connectivity index (χ2n) is 5.69. The zero-order valence-corrected chi connectivity index (χ0v) is 14.5. The predicted octanol–water partition coefficient (Wildman–Crippen LogP) is 2.52. The minimum Gasteiger partial charge on any atom is -0.490 e. The molecule has 3 rings (SSSR count). The molecule has 138 valence electrons. The SMILES string of the molecule is N#Cc1ccccc1OCC(=O)OCC(=O)c1ccc2c(c1)OCCCO2. The van der Waals surface area contributed by atoms with Crippen molar-refractivity contribution in [2.75, 3.05) is 26.4 Å². The van der Waals surface area contributed by atoms with Crippen LogP contribution >= 0.6 is 0 Å². The van der Waals surface area contributed by atoms with Crippen LogP contribution in [0.2, 0.25) is 0 Å². The van der Waals surface area contributed by atoms with Gasteiger partial charge in [-0.1, -0.05) is 12.1 Å². The first-order valence-electron chi connectivity index (χ1n) is 8.38. The van der Waals surface area contributed by atoms with Crippen LogP contribution in [-0.4, -0.2) is 38.2 Å². The van der Waals surface area contributed by atoms with Gasteiger partial charge in [0.25, 0.3) is 0 Å². The fourth-order valence-corrected chi connectivity index (χ4v) is 2.43. The lowest BCUT2D eigenvalue weighted by Gasteiger charge is -2.10. The van der Waals surface area contributed by atoms with Crippen molar-refractivity contribution in [2.24, 2.45) is 0 Å². The number of hydrogen-bond acceptors (Lipinski definition) is 7. The first-order chi connectivity index (χ1) is 13.2. The van der Waals surface area contributed by atoms with Gasteiger partial charge in [0.2, 0.25) is 0 Å². The van der Waals surface area contributed by atoms with Crippen molar-refractivity contribution < 1.29 is 28.5 Å². The molecule has 0 aliphatic carbocycles. The molecule has 0 N–H and O–H groups in total. The fourth-order valence-electron chi connectivity index (χ4n) is 2.43. The lowest BCUT2D eigenvalue weighted by atomic mass is 10.1. The number of carbonyl (C=O) groups excluding carboxylic acids is 2. The van der Waals surface area contributed by atoms with Crippen molar-refractivity contribution in [1.29, 1.82) is 5.26 Å². The number of Topliss-reactive ketones (excluding diaryl/α,β-unsaturated/α-hetero) is 1. The van der Waals surface area contributed by atoms with E-state index < -0.39 is 19.2 Å². The van der Waals surface area contributed by atoms with Gasteiger partial charge in [-0.15, -0.1) is 0 Å². The summed E-state index contributed by atoms with van der Waals surface area (Å²) in [5.41, 5.74) is 0.677. The molecule has 27 heavy (non-hydrogen) atoms. The summed E-state index contributed by atoms with van der Waals surface area (Å²) in [6.07, 6.45) is 0.768. The molecule has 2 aromatic carbocycles.